The van der Waals surface area contributed by atoms with Gasteiger partial charge < -0.3 is 14.8 Å². The number of hydrogen-bond acceptors (Lipinski definition) is 3. The monoisotopic (exact) mass is 299 g/mol. The third kappa shape index (κ3) is 5.22. The number of rotatable bonds is 9. The summed E-state index contributed by atoms with van der Waals surface area (Å²) in [6, 6.07) is 3.82. The highest BCUT2D eigenvalue weighted by molar-refractivity contribution is 6.31. The summed E-state index contributed by atoms with van der Waals surface area (Å²) >= 11 is 6.30. The summed E-state index contributed by atoms with van der Waals surface area (Å²) < 4.78 is 10.6. The molecule has 0 radical (unpaired) electrons. The maximum absolute atomic E-state index is 6.30. The fraction of sp³-hybridized carbons (Fsp3) is 0.625. The topological polar surface area (TPSA) is 30.5 Å². The van der Waals surface area contributed by atoms with Crippen molar-refractivity contribution >= 4 is 11.6 Å². The number of aryl methyl sites for hydroxylation is 1. The van der Waals surface area contributed by atoms with E-state index in [0.29, 0.717) is 11.7 Å². The van der Waals surface area contributed by atoms with Crippen molar-refractivity contribution in [3.05, 3.63) is 22.7 Å². The number of hydrogen-bond donors (Lipinski definition) is 1. The van der Waals surface area contributed by atoms with Crippen LogP contribution in [0.1, 0.15) is 32.3 Å². The van der Waals surface area contributed by atoms with Gasteiger partial charge in [0.05, 0.1) is 14.2 Å². The van der Waals surface area contributed by atoms with E-state index in [0.717, 1.165) is 42.3 Å². The van der Waals surface area contributed by atoms with Gasteiger partial charge in [-0.15, -0.1) is 0 Å². The zero-order valence-corrected chi connectivity index (χ0v) is 13.7. The van der Waals surface area contributed by atoms with E-state index < -0.39 is 0 Å². The highest BCUT2D eigenvalue weighted by Gasteiger charge is 2.11. The van der Waals surface area contributed by atoms with Crippen LogP contribution in [-0.4, -0.2) is 27.3 Å². The molecule has 1 aromatic rings. The molecule has 0 aliphatic rings. The number of halogens is 1. The summed E-state index contributed by atoms with van der Waals surface area (Å²) in [5.74, 6) is 2.10. The molecule has 1 aromatic carbocycles. The van der Waals surface area contributed by atoms with Crippen LogP contribution in [0.5, 0.6) is 11.5 Å². The van der Waals surface area contributed by atoms with Gasteiger partial charge in [-0.05, 0) is 49.9 Å². The summed E-state index contributed by atoms with van der Waals surface area (Å²) in [6.45, 7) is 6.53. The molecule has 0 fully saturated rings. The molecule has 0 saturated heterocycles. The van der Waals surface area contributed by atoms with Gasteiger partial charge in [0.1, 0.15) is 0 Å². The molecule has 0 aliphatic heterocycles. The molecule has 0 bridgehead atoms. The lowest BCUT2D eigenvalue weighted by molar-refractivity contribution is 0.354. The van der Waals surface area contributed by atoms with Crippen molar-refractivity contribution in [1.29, 1.82) is 0 Å². The van der Waals surface area contributed by atoms with Gasteiger partial charge >= 0.3 is 0 Å². The van der Waals surface area contributed by atoms with Gasteiger partial charge in [-0.1, -0.05) is 25.4 Å². The van der Waals surface area contributed by atoms with Crippen LogP contribution in [0.4, 0.5) is 0 Å². The highest BCUT2D eigenvalue weighted by atomic mass is 35.5. The van der Waals surface area contributed by atoms with Crippen molar-refractivity contribution in [3.8, 4) is 11.5 Å². The van der Waals surface area contributed by atoms with Gasteiger partial charge in [-0.2, -0.15) is 0 Å². The third-order valence-corrected chi connectivity index (χ3v) is 3.87. The Bertz CT molecular complexity index is 410. The van der Waals surface area contributed by atoms with Crippen LogP contribution >= 0.6 is 11.6 Å². The number of nitrogens with one attached hydrogen (secondary N) is 1. The quantitative estimate of drug-likeness (QED) is 0.701. The summed E-state index contributed by atoms with van der Waals surface area (Å²) in [6.07, 6.45) is 3.28. The van der Waals surface area contributed by atoms with Crippen molar-refractivity contribution in [1.82, 2.24) is 5.32 Å². The largest absolute Gasteiger partial charge is 0.493 e. The molecule has 0 spiro atoms. The number of ether oxygens (including phenoxy) is 2. The fourth-order valence-electron chi connectivity index (χ4n) is 2.16. The predicted octanol–water partition coefficient (Wildman–Crippen LogP) is 3.93. The van der Waals surface area contributed by atoms with Crippen molar-refractivity contribution < 1.29 is 9.47 Å². The maximum Gasteiger partial charge on any atom is 0.162 e. The van der Waals surface area contributed by atoms with E-state index in [1.165, 1.54) is 6.42 Å². The van der Waals surface area contributed by atoms with E-state index in [2.05, 4.69) is 19.2 Å². The van der Waals surface area contributed by atoms with E-state index in [4.69, 9.17) is 21.1 Å². The van der Waals surface area contributed by atoms with Gasteiger partial charge in [0.2, 0.25) is 0 Å². The summed E-state index contributed by atoms with van der Waals surface area (Å²) in [4.78, 5) is 0. The van der Waals surface area contributed by atoms with Crippen LogP contribution in [0, 0.1) is 5.92 Å². The molecule has 1 unspecified atom stereocenters. The van der Waals surface area contributed by atoms with E-state index in [9.17, 15) is 0 Å². The first-order chi connectivity index (χ1) is 9.62. The molecule has 1 rings (SSSR count). The van der Waals surface area contributed by atoms with Gasteiger partial charge in [-0.3, -0.25) is 0 Å². The zero-order chi connectivity index (χ0) is 15.0. The van der Waals surface area contributed by atoms with Crippen molar-refractivity contribution in [3.63, 3.8) is 0 Å². The van der Waals surface area contributed by atoms with Gasteiger partial charge in [0.15, 0.2) is 11.5 Å². The Morgan fingerprint density at radius 2 is 1.80 bits per heavy atom. The van der Waals surface area contributed by atoms with Crippen LogP contribution < -0.4 is 14.8 Å². The van der Waals surface area contributed by atoms with Crippen LogP contribution in [0.15, 0.2) is 12.1 Å². The highest BCUT2D eigenvalue weighted by Crippen LogP contribution is 2.34. The normalized spacial score (nSPS) is 12.2. The first-order valence-electron chi connectivity index (χ1n) is 7.23. The molecule has 0 aliphatic carbocycles. The van der Waals surface area contributed by atoms with Crippen LogP contribution in [0.25, 0.3) is 0 Å². The first-order valence-corrected chi connectivity index (χ1v) is 7.61. The first kappa shape index (κ1) is 17.1. The molecule has 0 aromatic heterocycles. The number of methoxy groups -OCH3 is 2. The van der Waals surface area contributed by atoms with Gasteiger partial charge in [0.25, 0.3) is 0 Å². The Hall–Kier alpha value is -0.930. The Kier molecular flexibility index (Phi) is 7.78. The van der Waals surface area contributed by atoms with Crippen LogP contribution in [0.3, 0.4) is 0 Å². The van der Waals surface area contributed by atoms with Crippen molar-refractivity contribution in [2.75, 3.05) is 27.3 Å². The maximum atomic E-state index is 6.30. The molecule has 20 heavy (non-hydrogen) atoms. The molecule has 1 N–H and O–H groups in total. The second-order valence-corrected chi connectivity index (χ2v) is 5.49. The van der Waals surface area contributed by atoms with Crippen molar-refractivity contribution in [2.24, 2.45) is 5.92 Å². The lowest BCUT2D eigenvalue weighted by atomic mass is 9.98. The van der Waals surface area contributed by atoms with Crippen LogP contribution in [-0.2, 0) is 6.42 Å². The van der Waals surface area contributed by atoms with Gasteiger partial charge in [0, 0.05) is 11.1 Å². The average molecular weight is 300 g/mol. The van der Waals surface area contributed by atoms with Gasteiger partial charge in [-0.25, -0.2) is 0 Å². The zero-order valence-electron chi connectivity index (χ0n) is 13.0. The summed E-state index contributed by atoms with van der Waals surface area (Å²) in [7, 11) is 3.27. The molecule has 3 nitrogen and oxygen atoms in total. The van der Waals surface area contributed by atoms with Crippen molar-refractivity contribution in [2.45, 2.75) is 33.1 Å². The molecule has 0 amide bonds. The number of benzene rings is 1. The predicted molar refractivity (Wildman–Crippen MR) is 85.2 cm³/mol. The smallest absolute Gasteiger partial charge is 0.162 e. The third-order valence-electron chi connectivity index (χ3n) is 3.52. The minimum absolute atomic E-state index is 0.679. The lowest BCUT2D eigenvalue weighted by Gasteiger charge is -2.14. The summed E-state index contributed by atoms with van der Waals surface area (Å²) in [5, 5.41) is 4.11. The Labute approximate surface area is 127 Å². The molecule has 4 heteroatoms. The van der Waals surface area contributed by atoms with E-state index in [1.807, 2.05) is 12.1 Å². The molecular formula is C16H26ClNO2. The Morgan fingerprint density at radius 3 is 2.40 bits per heavy atom. The summed E-state index contributed by atoms with van der Waals surface area (Å²) in [5.41, 5.74) is 1.12. The molecular weight excluding hydrogens is 274 g/mol. The minimum Gasteiger partial charge on any atom is -0.493 e. The molecule has 0 saturated carbocycles. The van der Waals surface area contributed by atoms with E-state index >= 15 is 0 Å². The Balaban J connectivity index is 2.59. The Morgan fingerprint density at radius 1 is 1.15 bits per heavy atom. The lowest BCUT2D eigenvalue weighted by Crippen LogP contribution is -2.16. The standard InChI is InChI=1S/C16H26ClNO2/c1-5-18-9-8-12(2)6-7-13-10-15(19-3)16(20-4)11-14(13)17/h10-12,18H,5-9H2,1-4H3. The van der Waals surface area contributed by atoms with E-state index in [-0.39, 0.29) is 0 Å². The second-order valence-electron chi connectivity index (χ2n) is 5.08. The van der Waals surface area contributed by atoms with Crippen LogP contribution in [0.2, 0.25) is 5.02 Å². The molecule has 1 atom stereocenters. The average Bonchev–Trinajstić information content (AvgIpc) is 2.45. The van der Waals surface area contributed by atoms with E-state index in [1.54, 1.807) is 14.2 Å². The second kappa shape index (κ2) is 9.09. The SMILES string of the molecule is CCNCCC(C)CCc1cc(OC)c(OC)cc1Cl. The fourth-order valence-corrected chi connectivity index (χ4v) is 2.41. The molecule has 0 heterocycles. The minimum atomic E-state index is 0.679. The molecule has 114 valence electrons.